The summed E-state index contributed by atoms with van der Waals surface area (Å²) in [5, 5.41) is 0.0303. The SMILES string of the molecule is C=CCCCOC1(c2ccccc2)O[C@H]2O[C@H](CO[Si](C)(C)C(C)(C)C)[C@@H](OCc3ccccc3)[C@H](OCc3ccccc3)[C@@H]2O1. The molecule has 2 saturated heterocycles. The van der Waals surface area contributed by atoms with E-state index in [-0.39, 0.29) is 5.04 Å². The van der Waals surface area contributed by atoms with Crippen molar-refractivity contribution < 1.29 is 32.8 Å². The Morgan fingerprint density at radius 1 is 0.804 bits per heavy atom. The van der Waals surface area contributed by atoms with Crippen molar-refractivity contribution in [2.45, 2.75) is 102 Å². The summed E-state index contributed by atoms with van der Waals surface area (Å²) < 4.78 is 46.9. The van der Waals surface area contributed by atoms with Crippen LogP contribution in [0.2, 0.25) is 18.1 Å². The van der Waals surface area contributed by atoms with Gasteiger partial charge in [0.25, 0.3) is 0 Å². The first-order chi connectivity index (χ1) is 22.1. The van der Waals surface area contributed by atoms with E-state index in [1.54, 1.807) is 0 Å². The van der Waals surface area contributed by atoms with Crippen LogP contribution < -0.4 is 0 Å². The zero-order valence-electron chi connectivity index (χ0n) is 27.9. The highest BCUT2D eigenvalue weighted by atomic mass is 28.4. The van der Waals surface area contributed by atoms with Crippen LogP contribution in [-0.4, -0.2) is 52.2 Å². The van der Waals surface area contributed by atoms with Crippen LogP contribution in [0, 0.1) is 0 Å². The van der Waals surface area contributed by atoms with Gasteiger partial charge in [0, 0.05) is 5.56 Å². The number of fused-ring (bicyclic) bond motifs is 1. The molecule has 0 radical (unpaired) electrons. The number of unbranched alkanes of at least 4 members (excludes halogenated alkanes) is 1. The second kappa shape index (κ2) is 15.5. The molecule has 2 fully saturated rings. The normalized spacial score (nSPS) is 26.5. The Balaban J connectivity index is 1.49. The number of ether oxygens (including phenoxy) is 6. The van der Waals surface area contributed by atoms with Crippen molar-refractivity contribution in [3.05, 3.63) is 120 Å². The molecule has 2 heterocycles. The molecule has 6 atom stereocenters. The van der Waals surface area contributed by atoms with E-state index in [1.165, 1.54) is 0 Å². The lowest BCUT2D eigenvalue weighted by molar-refractivity contribution is -0.367. The maximum Gasteiger partial charge on any atom is 0.314 e. The molecule has 3 aromatic carbocycles. The molecule has 0 aliphatic carbocycles. The molecule has 46 heavy (non-hydrogen) atoms. The first-order valence-electron chi connectivity index (χ1n) is 16.4. The lowest BCUT2D eigenvalue weighted by Gasteiger charge is -2.44. The fraction of sp³-hybridized carbons (Fsp3) is 0.474. The highest BCUT2D eigenvalue weighted by molar-refractivity contribution is 6.74. The van der Waals surface area contributed by atoms with Crippen molar-refractivity contribution in [1.82, 2.24) is 0 Å². The lowest BCUT2D eigenvalue weighted by atomic mass is 9.98. The third-order valence-corrected chi connectivity index (χ3v) is 13.6. The molecule has 0 aromatic heterocycles. The van der Waals surface area contributed by atoms with Gasteiger partial charge in [-0.05, 0) is 42.1 Å². The van der Waals surface area contributed by atoms with Crippen molar-refractivity contribution in [1.29, 1.82) is 0 Å². The summed E-state index contributed by atoms with van der Waals surface area (Å²) in [7, 11) is -2.12. The van der Waals surface area contributed by atoms with Gasteiger partial charge in [0.05, 0.1) is 26.4 Å². The van der Waals surface area contributed by atoms with E-state index in [2.05, 4.69) is 64.7 Å². The predicted molar refractivity (Wildman–Crippen MR) is 181 cm³/mol. The van der Waals surface area contributed by atoms with Crippen molar-refractivity contribution in [2.75, 3.05) is 13.2 Å². The number of benzene rings is 3. The Hall–Kier alpha value is -2.66. The maximum atomic E-state index is 6.82. The number of allylic oxidation sites excluding steroid dienone is 1. The fourth-order valence-corrected chi connectivity index (χ4v) is 6.40. The Labute approximate surface area is 275 Å². The monoisotopic (exact) mass is 646 g/mol. The van der Waals surface area contributed by atoms with E-state index >= 15 is 0 Å². The standard InChI is InChI=1S/C38H50O7Si/c1-7-8-18-25-41-38(31-23-16-11-17-24-31)44-35-34(40-27-30-21-14-10-15-22-30)33(39-26-29-19-12-9-13-20-29)32(43-36(35)45-38)28-42-46(5,6)37(2,3)4/h7,9-17,19-24,32-36H,1,8,18,25-28H2,2-6H3/t32-,33-,34+,35+,36-,38?/m1/s1. The number of hydrogen-bond acceptors (Lipinski definition) is 7. The molecule has 0 spiro atoms. The minimum absolute atomic E-state index is 0.0303. The van der Waals surface area contributed by atoms with Crippen molar-refractivity contribution in [2.24, 2.45) is 0 Å². The molecule has 7 nitrogen and oxygen atoms in total. The summed E-state index contributed by atoms with van der Waals surface area (Å²) in [6.07, 6.45) is 0.547. The molecule has 2 aliphatic heterocycles. The van der Waals surface area contributed by atoms with Crippen LogP contribution in [0.15, 0.2) is 104 Å². The van der Waals surface area contributed by atoms with E-state index in [9.17, 15) is 0 Å². The highest BCUT2D eigenvalue weighted by Gasteiger charge is 2.60. The van der Waals surface area contributed by atoms with Gasteiger partial charge in [-0.25, -0.2) is 0 Å². The molecule has 8 heteroatoms. The van der Waals surface area contributed by atoms with Gasteiger partial charge in [0.1, 0.15) is 24.4 Å². The lowest BCUT2D eigenvalue weighted by Crippen LogP contribution is -2.60. The van der Waals surface area contributed by atoms with Gasteiger partial charge < -0.3 is 28.1 Å². The molecule has 2 aliphatic rings. The largest absolute Gasteiger partial charge is 0.414 e. The van der Waals surface area contributed by atoms with Crippen LogP contribution in [-0.2, 0) is 52.0 Å². The van der Waals surface area contributed by atoms with E-state index in [1.807, 2.05) is 72.8 Å². The van der Waals surface area contributed by atoms with Gasteiger partial charge in [0.2, 0.25) is 0 Å². The van der Waals surface area contributed by atoms with Gasteiger partial charge >= 0.3 is 5.97 Å². The molecule has 5 rings (SSSR count). The maximum absolute atomic E-state index is 6.82. The average Bonchev–Trinajstić information content (AvgIpc) is 3.44. The molecular weight excluding hydrogens is 596 g/mol. The molecule has 248 valence electrons. The minimum Gasteiger partial charge on any atom is -0.414 e. The van der Waals surface area contributed by atoms with Gasteiger partial charge in [-0.3, -0.25) is 4.74 Å². The summed E-state index contributed by atoms with van der Waals surface area (Å²) in [4.78, 5) is 0. The minimum atomic E-state index is -2.12. The van der Waals surface area contributed by atoms with Gasteiger partial charge in [-0.2, -0.15) is 0 Å². The zero-order valence-corrected chi connectivity index (χ0v) is 28.9. The summed E-state index contributed by atoms with van der Waals surface area (Å²) in [6.45, 7) is 16.6. The van der Waals surface area contributed by atoms with Crippen LogP contribution >= 0.6 is 0 Å². The number of hydrogen-bond donors (Lipinski definition) is 0. The van der Waals surface area contributed by atoms with Crippen LogP contribution in [0.4, 0.5) is 0 Å². The Morgan fingerprint density at radius 2 is 1.37 bits per heavy atom. The van der Waals surface area contributed by atoms with E-state index < -0.39 is 45.0 Å². The third kappa shape index (κ3) is 8.43. The van der Waals surface area contributed by atoms with E-state index in [4.69, 9.17) is 32.8 Å². The molecule has 1 unspecified atom stereocenters. The number of rotatable bonds is 15. The zero-order chi connectivity index (χ0) is 32.6. The quantitative estimate of drug-likeness (QED) is 0.0939. The summed E-state index contributed by atoms with van der Waals surface area (Å²) in [5.41, 5.74) is 2.86. The molecule has 3 aromatic rings. The highest BCUT2D eigenvalue weighted by Crippen LogP contribution is 2.46. The summed E-state index contributed by atoms with van der Waals surface area (Å²) in [5.74, 6) is -1.47. The second-order valence-corrected chi connectivity index (χ2v) is 18.3. The van der Waals surface area contributed by atoms with Crippen molar-refractivity contribution >= 4 is 8.32 Å². The van der Waals surface area contributed by atoms with Gasteiger partial charge in [-0.15, -0.1) is 6.58 Å². The van der Waals surface area contributed by atoms with Crippen LogP contribution in [0.5, 0.6) is 0 Å². The first kappa shape index (κ1) is 34.7. The van der Waals surface area contributed by atoms with Gasteiger partial charge in [0.15, 0.2) is 14.6 Å². The van der Waals surface area contributed by atoms with E-state index in [0.29, 0.717) is 26.4 Å². The van der Waals surface area contributed by atoms with E-state index in [0.717, 1.165) is 29.5 Å². The molecule has 0 amide bonds. The second-order valence-electron chi connectivity index (χ2n) is 13.5. The third-order valence-electron chi connectivity index (χ3n) is 9.11. The summed E-state index contributed by atoms with van der Waals surface area (Å²) >= 11 is 0. The van der Waals surface area contributed by atoms with Crippen molar-refractivity contribution in [3.8, 4) is 0 Å². The van der Waals surface area contributed by atoms with Crippen molar-refractivity contribution in [3.63, 3.8) is 0 Å². The fourth-order valence-electron chi connectivity index (χ4n) is 5.39. The molecule has 0 saturated carbocycles. The molecule has 0 N–H and O–H groups in total. The Kier molecular flexibility index (Phi) is 11.7. The Bertz CT molecular complexity index is 1350. The van der Waals surface area contributed by atoms with Crippen LogP contribution in [0.3, 0.4) is 0 Å². The predicted octanol–water partition coefficient (Wildman–Crippen LogP) is 8.11. The van der Waals surface area contributed by atoms with Gasteiger partial charge in [-0.1, -0.05) is 118 Å². The smallest absolute Gasteiger partial charge is 0.314 e. The first-order valence-corrected chi connectivity index (χ1v) is 19.3. The molecular formula is C38H50O7Si. The Morgan fingerprint density at radius 3 is 1.93 bits per heavy atom. The summed E-state index contributed by atoms with van der Waals surface area (Å²) in [6, 6.07) is 30.0. The average molecular weight is 647 g/mol. The molecule has 0 bridgehead atoms. The topological polar surface area (TPSA) is 64.6 Å². The van der Waals surface area contributed by atoms with Crippen LogP contribution in [0.1, 0.15) is 50.3 Å². The van der Waals surface area contributed by atoms with Crippen LogP contribution in [0.25, 0.3) is 0 Å².